The fourth-order valence-corrected chi connectivity index (χ4v) is 2.19. The molecule has 0 spiro atoms. The van der Waals surface area contributed by atoms with Crippen LogP contribution in [0.3, 0.4) is 0 Å². The molecule has 1 saturated carbocycles. The maximum atomic E-state index is 11.4. The summed E-state index contributed by atoms with van der Waals surface area (Å²) in [7, 11) is 0. The topological polar surface area (TPSA) is 58.6 Å². The first kappa shape index (κ1) is 14.5. The Morgan fingerprint density at radius 2 is 2.29 bits per heavy atom. The molecule has 0 bridgehead atoms. The molecule has 1 fully saturated rings. The van der Waals surface area contributed by atoms with Crippen molar-refractivity contribution in [2.45, 2.75) is 58.2 Å². The van der Waals surface area contributed by atoms with Crippen LogP contribution in [0.15, 0.2) is 0 Å². The Labute approximate surface area is 104 Å². The van der Waals surface area contributed by atoms with E-state index < -0.39 is 0 Å². The van der Waals surface area contributed by atoms with E-state index in [0.717, 1.165) is 12.8 Å². The molecule has 4 heteroatoms. The zero-order valence-electron chi connectivity index (χ0n) is 10.9. The molecular weight excluding hydrogens is 218 g/mol. The summed E-state index contributed by atoms with van der Waals surface area (Å²) >= 11 is 0. The standard InChI is InChI=1S/C13H25NO3/c1-10-4-3-5-12(8-10)17-9-13(16)14-7-6-11(2)15/h10-12,15H,3-9H2,1-2H3,(H,14,16). The highest BCUT2D eigenvalue weighted by Gasteiger charge is 2.19. The van der Waals surface area contributed by atoms with Gasteiger partial charge in [-0.3, -0.25) is 4.79 Å². The zero-order valence-corrected chi connectivity index (χ0v) is 10.9. The minimum Gasteiger partial charge on any atom is -0.393 e. The number of hydrogen-bond acceptors (Lipinski definition) is 3. The molecule has 1 aliphatic carbocycles. The van der Waals surface area contributed by atoms with Gasteiger partial charge in [0.25, 0.3) is 0 Å². The van der Waals surface area contributed by atoms with Crippen LogP contribution >= 0.6 is 0 Å². The summed E-state index contributed by atoms with van der Waals surface area (Å²) in [6, 6.07) is 0. The lowest BCUT2D eigenvalue weighted by molar-refractivity contribution is -0.128. The van der Waals surface area contributed by atoms with Gasteiger partial charge in [0.05, 0.1) is 12.2 Å². The Morgan fingerprint density at radius 3 is 2.94 bits per heavy atom. The monoisotopic (exact) mass is 243 g/mol. The molecular formula is C13H25NO3. The van der Waals surface area contributed by atoms with Crippen molar-refractivity contribution >= 4 is 5.91 Å². The number of rotatable bonds is 6. The van der Waals surface area contributed by atoms with Crippen LogP contribution in [0.2, 0.25) is 0 Å². The van der Waals surface area contributed by atoms with Gasteiger partial charge in [-0.25, -0.2) is 0 Å². The largest absolute Gasteiger partial charge is 0.393 e. The Morgan fingerprint density at radius 1 is 1.53 bits per heavy atom. The van der Waals surface area contributed by atoms with Crippen LogP contribution in [-0.2, 0) is 9.53 Å². The third-order valence-electron chi connectivity index (χ3n) is 3.22. The van der Waals surface area contributed by atoms with Crippen molar-refractivity contribution in [1.29, 1.82) is 0 Å². The van der Waals surface area contributed by atoms with Gasteiger partial charge < -0.3 is 15.2 Å². The van der Waals surface area contributed by atoms with E-state index >= 15 is 0 Å². The van der Waals surface area contributed by atoms with E-state index in [0.29, 0.717) is 18.9 Å². The van der Waals surface area contributed by atoms with Crippen LogP contribution in [0.4, 0.5) is 0 Å². The second kappa shape index (κ2) is 7.67. The minimum atomic E-state index is -0.365. The highest BCUT2D eigenvalue weighted by molar-refractivity contribution is 5.77. The molecule has 1 rings (SSSR count). The number of amides is 1. The van der Waals surface area contributed by atoms with E-state index in [9.17, 15) is 4.79 Å². The summed E-state index contributed by atoms with van der Waals surface area (Å²) in [5.41, 5.74) is 0. The first-order chi connectivity index (χ1) is 8.08. The summed E-state index contributed by atoms with van der Waals surface area (Å²) in [6.07, 6.45) is 5.10. The van der Waals surface area contributed by atoms with E-state index in [1.807, 2.05) is 0 Å². The zero-order chi connectivity index (χ0) is 12.7. The van der Waals surface area contributed by atoms with Gasteiger partial charge in [0.2, 0.25) is 5.91 Å². The van der Waals surface area contributed by atoms with E-state index in [1.54, 1.807) is 6.92 Å². The lowest BCUT2D eigenvalue weighted by Gasteiger charge is -2.26. The fourth-order valence-electron chi connectivity index (χ4n) is 2.19. The number of hydrogen-bond donors (Lipinski definition) is 2. The molecule has 2 N–H and O–H groups in total. The number of carbonyl (C=O) groups excluding carboxylic acids is 1. The van der Waals surface area contributed by atoms with Gasteiger partial charge in [-0.05, 0) is 32.1 Å². The van der Waals surface area contributed by atoms with Gasteiger partial charge in [0.15, 0.2) is 0 Å². The summed E-state index contributed by atoms with van der Waals surface area (Å²) in [4.78, 5) is 11.4. The van der Waals surface area contributed by atoms with Crippen LogP contribution in [-0.4, -0.2) is 36.4 Å². The minimum absolute atomic E-state index is 0.0797. The molecule has 17 heavy (non-hydrogen) atoms. The van der Waals surface area contributed by atoms with Crippen LogP contribution < -0.4 is 5.32 Å². The van der Waals surface area contributed by atoms with Gasteiger partial charge in [0.1, 0.15) is 6.61 Å². The average molecular weight is 243 g/mol. The molecule has 0 radical (unpaired) electrons. The van der Waals surface area contributed by atoms with Gasteiger partial charge >= 0.3 is 0 Å². The van der Waals surface area contributed by atoms with E-state index in [2.05, 4.69) is 12.2 Å². The van der Waals surface area contributed by atoms with E-state index in [4.69, 9.17) is 9.84 Å². The Kier molecular flexibility index (Phi) is 6.52. The molecule has 0 aliphatic heterocycles. The Bertz CT molecular complexity index is 231. The Balaban J connectivity index is 2.06. The van der Waals surface area contributed by atoms with Crippen LogP contribution in [0, 0.1) is 5.92 Å². The molecule has 0 aromatic carbocycles. The van der Waals surface area contributed by atoms with E-state index in [-0.39, 0.29) is 24.7 Å². The van der Waals surface area contributed by atoms with Crippen molar-refractivity contribution in [3.05, 3.63) is 0 Å². The number of aliphatic hydroxyl groups is 1. The molecule has 0 heterocycles. The molecule has 3 unspecified atom stereocenters. The van der Waals surface area contributed by atoms with Crippen molar-refractivity contribution in [1.82, 2.24) is 5.32 Å². The Hall–Kier alpha value is -0.610. The third kappa shape index (κ3) is 6.64. The lowest BCUT2D eigenvalue weighted by atomic mass is 9.89. The second-order valence-corrected chi connectivity index (χ2v) is 5.19. The predicted molar refractivity (Wildman–Crippen MR) is 66.7 cm³/mol. The molecule has 1 amide bonds. The van der Waals surface area contributed by atoms with Gasteiger partial charge in [-0.2, -0.15) is 0 Å². The fraction of sp³-hybridized carbons (Fsp3) is 0.923. The summed E-state index contributed by atoms with van der Waals surface area (Å²) in [5.74, 6) is 0.635. The number of aliphatic hydroxyl groups excluding tert-OH is 1. The van der Waals surface area contributed by atoms with Crippen LogP contribution in [0.25, 0.3) is 0 Å². The first-order valence-electron chi connectivity index (χ1n) is 6.64. The smallest absolute Gasteiger partial charge is 0.246 e. The number of nitrogens with one attached hydrogen (secondary N) is 1. The summed E-state index contributed by atoms with van der Waals surface area (Å²) in [5, 5.41) is 11.8. The maximum absolute atomic E-state index is 11.4. The second-order valence-electron chi connectivity index (χ2n) is 5.19. The molecule has 4 nitrogen and oxygen atoms in total. The van der Waals surface area contributed by atoms with E-state index in [1.165, 1.54) is 12.8 Å². The molecule has 0 aromatic heterocycles. The maximum Gasteiger partial charge on any atom is 0.246 e. The van der Waals surface area contributed by atoms with Crippen molar-refractivity contribution in [3.8, 4) is 0 Å². The van der Waals surface area contributed by atoms with Crippen molar-refractivity contribution in [3.63, 3.8) is 0 Å². The summed E-state index contributed by atoms with van der Waals surface area (Å²) < 4.78 is 5.60. The van der Waals surface area contributed by atoms with Crippen LogP contribution in [0.1, 0.15) is 46.0 Å². The first-order valence-corrected chi connectivity index (χ1v) is 6.64. The molecule has 0 saturated heterocycles. The predicted octanol–water partition coefficient (Wildman–Crippen LogP) is 1.47. The lowest BCUT2D eigenvalue weighted by Crippen LogP contribution is -2.32. The van der Waals surface area contributed by atoms with Crippen LogP contribution in [0.5, 0.6) is 0 Å². The number of ether oxygens (including phenoxy) is 1. The molecule has 1 aliphatic rings. The van der Waals surface area contributed by atoms with Crippen molar-refractivity contribution in [2.75, 3.05) is 13.2 Å². The SMILES string of the molecule is CC(O)CCNC(=O)COC1CCCC(C)C1. The summed E-state index contributed by atoms with van der Waals surface area (Å²) in [6.45, 7) is 4.61. The molecule has 100 valence electrons. The highest BCUT2D eigenvalue weighted by Crippen LogP contribution is 2.25. The number of carbonyl (C=O) groups is 1. The molecule has 3 atom stereocenters. The van der Waals surface area contributed by atoms with Gasteiger partial charge in [-0.1, -0.05) is 19.8 Å². The van der Waals surface area contributed by atoms with Crippen molar-refractivity contribution < 1.29 is 14.6 Å². The van der Waals surface area contributed by atoms with Gasteiger partial charge in [-0.15, -0.1) is 0 Å². The highest BCUT2D eigenvalue weighted by atomic mass is 16.5. The third-order valence-corrected chi connectivity index (χ3v) is 3.22. The van der Waals surface area contributed by atoms with Gasteiger partial charge in [0, 0.05) is 6.54 Å². The quantitative estimate of drug-likeness (QED) is 0.742. The van der Waals surface area contributed by atoms with Crippen molar-refractivity contribution in [2.24, 2.45) is 5.92 Å². The molecule has 0 aromatic rings. The average Bonchev–Trinajstić information content (AvgIpc) is 2.26. The normalized spacial score (nSPS) is 26.5.